The van der Waals surface area contributed by atoms with Crippen molar-refractivity contribution in [2.24, 2.45) is 11.8 Å². The number of ether oxygens (including phenoxy) is 1. The molecule has 5 rings (SSSR count). The Balaban J connectivity index is 1.13. The molecule has 2 aromatic rings. The summed E-state index contributed by atoms with van der Waals surface area (Å²) in [6.45, 7) is 3.03. The van der Waals surface area contributed by atoms with Crippen LogP contribution < -0.4 is 5.32 Å². The topological polar surface area (TPSA) is 76.5 Å². The van der Waals surface area contributed by atoms with Gasteiger partial charge < -0.3 is 19.5 Å². The summed E-state index contributed by atoms with van der Waals surface area (Å²) < 4.78 is 8.11. The van der Waals surface area contributed by atoms with Crippen molar-refractivity contribution in [1.82, 2.24) is 19.8 Å². The molecule has 1 atom stereocenters. The van der Waals surface area contributed by atoms with Crippen molar-refractivity contribution in [3.63, 3.8) is 0 Å². The molecule has 176 valence electrons. The van der Waals surface area contributed by atoms with E-state index in [9.17, 15) is 9.59 Å². The summed E-state index contributed by atoms with van der Waals surface area (Å²) in [6.07, 6.45) is 9.53. The third-order valence-corrected chi connectivity index (χ3v) is 7.55. The maximum atomic E-state index is 13.2. The van der Waals surface area contributed by atoms with Crippen LogP contribution in [0.5, 0.6) is 0 Å². The van der Waals surface area contributed by atoms with Crippen LogP contribution in [0.25, 0.3) is 0 Å². The average molecular weight is 451 g/mol. The Morgan fingerprint density at radius 1 is 1.03 bits per heavy atom. The van der Waals surface area contributed by atoms with E-state index in [0.29, 0.717) is 50.7 Å². The first-order valence-electron chi connectivity index (χ1n) is 12.5. The molecule has 0 bridgehead atoms. The zero-order valence-electron chi connectivity index (χ0n) is 19.2. The molecule has 1 N–H and O–H groups in total. The zero-order valence-corrected chi connectivity index (χ0v) is 19.2. The molecule has 33 heavy (non-hydrogen) atoms. The minimum absolute atomic E-state index is 0.00326. The molecule has 1 aromatic carbocycles. The lowest BCUT2D eigenvalue weighted by Gasteiger charge is -2.32. The van der Waals surface area contributed by atoms with E-state index in [1.165, 1.54) is 32.1 Å². The van der Waals surface area contributed by atoms with E-state index in [2.05, 4.69) is 22.4 Å². The molecule has 1 aromatic heterocycles. The minimum Gasteiger partial charge on any atom is -0.365 e. The Hall–Kier alpha value is -2.67. The van der Waals surface area contributed by atoms with Gasteiger partial charge in [0, 0.05) is 25.6 Å². The monoisotopic (exact) mass is 450 g/mol. The molecule has 0 unspecified atom stereocenters. The van der Waals surface area contributed by atoms with E-state index in [0.717, 1.165) is 17.8 Å². The molecule has 3 heterocycles. The summed E-state index contributed by atoms with van der Waals surface area (Å²) in [5.74, 6) is 0.752. The molecule has 1 saturated heterocycles. The van der Waals surface area contributed by atoms with Crippen LogP contribution in [-0.4, -0.2) is 45.9 Å². The van der Waals surface area contributed by atoms with E-state index in [1.807, 2.05) is 27.7 Å². The van der Waals surface area contributed by atoms with Gasteiger partial charge in [0.15, 0.2) is 5.69 Å². The highest BCUT2D eigenvalue weighted by atomic mass is 16.5. The Labute approximate surface area is 195 Å². The van der Waals surface area contributed by atoms with Crippen LogP contribution in [0.1, 0.15) is 72.8 Å². The summed E-state index contributed by atoms with van der Waals surface area (Å²) in [5.41, 5.74) is 2.47. The molecule has 2 aliphatic heterocycles. The largest absolute Gasteiger partial charge is 0.365 e. The molecular weight excluding hydrogens is 416 g/mol. The van der Waals surface area contributed by atoms with Gasteiger partial charge in [-0.2, -0.15) is 0 Å². The van der Waals surface area contributed by atoms with Crippen LogP contribution in [-0.2, 0) is 22.7 Å². The summed E-state index contributed by atoms with van der Waals surface area (Å²) in [7, 11) is 0. The van der Waals surface area contributed by atoms with Crippen molar-refractivity contribution in [2.45, 2.75) is 64.2 Å². The van der Waals surface area contributed by atoms with Gasteiger partial charge in [-0.3, -0.25) is 9.59 Å². The van der Waals surface area contributed by atoms with Crippen LogP contribution in [0.2, 0.25) is 0 Å². The van der Waals surface area contributed by atoms with Gasteiger partial charge in [0.2, 0.25) is 5.91 Å². The van der Waals surface area contributed by atoms with Gasteiger partial charge in [-0.05, 0) is 37.2 Å². The summed E-state index contributed by atoms with van der Waals surface area (Å²) in [6, 6.07) is 10.1. The molecule has 0 spiro atoms. The van der Waals surface area contributed by atoms with Gasteiger partial charge in [0.25, 0.3) is 5.91 Å². The molecule has 1 saturated carbocycles. The molecule has 7 nitrogen and oxygen atoms in total. The van der Waals surface area contributed by atoms with Crippen LogP contribution in [0, 0.1) is 11.8 Å². The van der Waals surface area contributed by atoms with E-state index < -0.39 is 0 Å². The lowest BCUT2D eigenvalue weighted by atomic mass is 9.89. The Bertz CT molecular complexity index is 959. The molecule has 3 aliphatic rings. The van der Waals surface area contributed by atoms with E-state index in [-0.39, 0.29) is 23.8 Å². The van der Waals surface area contributed by atoms with Crippen molar-refractivity contribution >= 4 is 11.8 Å². The number of piperidine rings is 1. The third kappa shape index (κ3) is 4.98. The number of amides is 2. The SMILES string of the molecule is O=C(NCC1CCCCC1)C1CCN(C(=O)c2ncn3c2CO[C@@H](c2ccccc2)C3)CC1. The number of benzene rings is 1. The fourth-order valence-electron chi connectivity index (χ4n) is 5.45. The van der Waals surface area contributed by atoms with Crippen molar-refractivity contribution in [1.29, 1.82) is 0 Å². The lowest BCUT2D eigenvalue weighted by molar-refractivity contribution is -0.126. The predicted octanol–water partition coefficient (Wildman–Crippen LogP) is 3.70. The van der Waals surface area contributed by atoms with Gasteiger partial charge in [-0.15, -0.1) is 0 Å². The number of carbonyl (C=O) groups is 2. The first kappa shape index (κ1) is 22.1. The first-order valence-corrected chi connectivity index (χ1v) is 12.5. The van der Waals surface area contributed by atoms with Crippen LogP contribution >= 0.6 is 0 Å². The first-order chi connectivity index (χ1) is 16.2. The van der Waals surface area contributed by atoms with Gasteiger partial charge in [0.05, 0.1) is 25.2 Å². The molecule has 2 amide bonds. The fourth-order valence-corrected chi connectivity index (χ4v) is 5.45. The van der Waals surface area contributed by atoms with Crippen molar-refractivity contribution in [3.8, 4) is 0 Å². The summed E-state index contributed by atoms with van der Waals surface area (Å²) in [4.78, 5) is 32.1. The fraction of sp³-hybridized carbons (Fsp3) is 0.577. The predicted molar refractivity (Wildman–Crippen MR) is 124 cm³/mol. The van der Waals surface area contributed by atoms with Crippen LogP contribution in [0.4, 0.5) is 0 Å². The standard InChI is InChI=1S/C26H34N4O3/c31-25(27-15-19-7-3-1-4-8-19)21-11-13-29(14-12-21)26(32)24-22-17-33-23(16-30(22)18-28-24)20-9-5-2-6-10-20/h2,5-6,9-10,18-19,21,23H,1,3-4,7-8,11-17H2,(H,27,31)/t23-/m1/s1. The highest BCUT2D eigenvalue weighted by Crippen LogP contribution is 2.29. The number of hydrogen-bond donors (Lipinski definition) is 1. The number of aromatic nitrogens is 2. The number of hydrogen-bond acceptors (Lipinski definition) is 4. The second kappa shape index (κ2) is 10.1. The zero-order chi connectivity index (χ0) is 22.6. The van der Waals surface area contributed by atoms with Gasteiger partial charge >= 0.3 is 0 Å². The second-order valence-electron chi connectivity index (χ2n) is 9.72. The van der Waals surface area contributed by atoms with Gasteiger partial charge in [0.1, 0.15) is 6.10 Å². The minimum atomic E-state index is -0.0495. The third-order valence-electron chi connectivity index (χ3n) is 7.55. The van der Waals surface area contributed by atoms with Crippen molar-refractivity contribution < 1.29 is 14.3 Å². The van der Waals surface area contributed by atoms with Gasteiger partial charge in [-0.1, -0.05) is 49.6 Å². The lowest BCUT2D eigenvalue weighted by Crippen LogP contribution is -2.44. The number of fused-ring (bicyclic) bond motifs is 1. The maximum Gasteiger partial charge on any atom is 0.274 e. The number of nitrogens with zero attached hydrogens (tertiary/aromatic N) is 3. The van der Waals surface area contributed by atoms with E-state index in [1.54, 1.807) is 6.33 Å². The van der Waals surface area contributed by atoms with E-state index in [4.69, 9.17) is 4.74 Å². The van der Waals surface area contributed by atoms with Crippen molar-refractivity contribution in [3.05, 3.63) is 53.6 Å². The summed E-state index contributed by atoms with van der Waals surface area (Å²) >= 11 is 0. The smallest absolute Gasteiger partial charge is 0.274 e. The highest BCUT2D eigenvalue weighted by Gasteiger charge is 2.32. The maximum absolute atomic E-state index is 13.2. The average Bonchev–Trinajstić information content (AvgIpc) is 3.31. The number of carbonyl (C=O) groups excluding carboxylic acids is 2. The highest BCUT2D eigenvalue weighted by molar-refractivity contribution is 5.93. The van der Waals surface area contributed by atoms with Crippen LogP contribution in [0.3, 0.4) is 0 Å². The second-order valence-corrected chi connectivity index (χ2v) is 9.72. The molecule has 7 heteroatoms. The number of nitrogens with one attached hydrogen (secondary N) is 1. The quantitative estimate of drug-likeness (QED) is 0.754. The number of imidazole rings is 1. The molecule has 1 aliphatic carbocycles. The molecule has 2 fully saturated rings. The van der Waals surface area contributed by atoms with E-state index >= 15 is 0 Å². The number of rotatable bonds is 5. The summed E-state index contributed by atoms with van der Waals surface area (Å²) in [5, 5.41) is 3.18. The Morgan fingerprint density at radius 3 is 2.55 bits per heavy atom. The normalized spacial score (nSPS) is 22.1. The molecule has 0 radical (unpaired) electrons. The molecular formula is C26H34N4O3. The van der Waals surface area contributed by atoms with Crippen molar-refractivity contribution in [2.75, 3.05) is 19.6 Å². The van der Waals surface area contributed by atoms with Crippen LogP contribution in [0.15, 0.2) is 36.7 Å². The Morgan fingerprint density at radius 2 is 1.79 bits per heavy atom. The van der Waals surface area contributed by atoms with Gasteiger partial charge in [-0.25, -0.2) is 4.98 Å². The Kier molecular flexibility index (Phi) is 6.76. The number of likely N-dealkylation sites (tertiary alicyclic amines) is 1.